The van der Waals surface area contributed by atoms with Crippen molar-refractivity contribution in [2.24, 2.45) is 0 Å². The Morgan fingerprint density at radius 2 is 1.95 bits per heavy atom. The highest BCUT2D eigenvalue weighted by Gasteiger charge is 2.09. The number of halogens is 1. The van der Waals surface area contributed by atoms with Gasteiger partial charge in [0.2, 0.25) is 0 Å². The molecule has 0 fully saturated rings. The van der Waals surface area contributed by atoms with Crippen LogP contribution in [0.3, 0.4) is 0 Å². The van der Waals surface area contributed by atoms with E-state index in [4.69, 9.17) is 0 Å². The summed E-state index contributed by atoms with van der Waals surface area (Å²) in [6, 6.07) is 9.96. The van der Waals surface area contributed by atoms with Crippen LogP contribution in [0.1, 0.15) is 0 Å². The first-order chi connectivity index (χ1) is 9.29. The molecule has 0 saturated heterocycles. The number of para-hydroxylation sites is 1. The highest BCUT2D eigenvalue weighted by molar-refractivity contribution is 9.10. The molecule has 4 nitrogen and oxygen atoms in total. The molecular weight excluding hydrogens is 304 g/mol. The normalized spacial score (nSPS) is 10.6. The zero-order chi connectivity index (χ0) is 13.2. The molecule has 0 bridgehead atoms. The summed E-state index contributed by atoms with van der Waals surface area (Å²) in [7, 11) is 1.83. The number of fused-ring (bicyclic) bond motifs is 1. The lowest BCUT2D eigenvalue weighted by Crippen LogP contribution is -1.98. The number of hydrogen-bond acceptors (Lipinski definition) is 4. The van der Waals surface area contributed by atoms with Crippen LogP contribution in [0.15, 0.2) is 47.2 Å². The molecule has 94 valence electrons. The maximum absolute atomic E-state index is 4.50. The van der Waals surface area contributed by atoms with E-state index in [1.807, 2.05) is 37.4 Å². The van der Waals surface area contributed by atoms with Crippen molar-refractivity contribution in [1.29, 1.82) is 0 Å². The molecule has 2 aromatic heterocycles. The number of rotatable bonds is 2. The topological polar surface area (TPSA) is 50.7 Å². The van der Waals surface area contributed by atoms with E-state index in [9.17, 15) is 0 Å². The summed E-state index contributed by atoms with van der Waals surface area (Å²) in [5.41, 5.74) is 1.84. The van der Waals surface area contributed by atoms with E-state index in [0.29, 0.717) is 5.82 Å². The van der Waals surface area contributed by atoms with Crippen molar-refractivity contribution in [2.75, 3.05) is 12.4 Å². The van der Waals surface area contributed by atoms with Crippen LogP contribution in [0.25, 0.3) is 22.3 Å². The van der Waals surface area contributed by atoms with Crippen LogP contribution in [0, 0.1) is 0 Å². The van der Waals surface area contributed by atoms with Crippen LogP contribution in [0.2, 0.25) is 0 Å². The second-order valence-electron chi connectivity index (χ2n) is 4.02. The highest BCUT2D eigenvalue weighted by atomic mass is 79.9. The van der Waals surface area contributed by atoms with E-state index in [2.05, 4.69) is 36.2 Å². The van der Waals surface area contributed by atoms with E-state index in [1.165, 1.54) is 0 Å². The smallest absolute Gasteiger partial charge is 0.163 e. The molecule has 3 aromatic rings. The molecule has 2 heterocycles. The molecule has 0 saturated carbocycles. The quantitative estimate of drug-likeness (QED) is 0.786. The van der Waals surface area contributed by atoms with Crippen molar-refractivity contribution in [2.45, 2.75) is 0 Å². The molecule has 0 aliphatic heterocycles. The summed E-state index contributed by atoms with van der Waals surface area (Å²) < 4.78 is 0.840. The number of nitrogens with one attached hydrogen (secondary N) is 1. The lowest BCUT2D eigenvalue weighted by atomic mass is 10.1. The Bertz CT molecular complexity index is 737. The molecule has 0 radical (unpaired) electrons. The van der Waals surface area contributed by atoms with Gasteiger partial charge in [-0.25, -0.2) is 9.97 Å². The summed E-state index contributed by atoms with van der Waals surface area (Å²) in [5.74, 6) is 1.43. The minimum atomic E-state index is 0.664. The first-order valence-electron chi connectivity index (χ1n) is 5.84. The molecule has 0 aliphatic carbocycles. The fourth-order valence-electron chi connectivity index (χ4n) is 1.96. The average Bonchev–Trinajstić information content (AvgIpc) is 2.47. The molecule has 0 unspecified atom stereocenters. The van der Waals surface area contributed by atoms with Gasteiger partial charge < -0.3 is 5.32 Å². The van der Waals surface area contributed by atoms with E-state index < -0.39 is 0 Å². The molecule has 0 amide bonds. The Labute approximate surface area is 119 Å². The minimum Gasteiger partial charge on any atom is -0.372 e. The van der Waals surface area contributed by atoms with Gasteiger partial charge in [0, 0.05) is 30.4 Å². The maximum atomic E-state index is 4.50. The van der Waals surface area contributed by atoms with Gasteiger partial charge in [-0.3, -0.25) is 4.98 Å². The van der Waals surface area contributed by atoms with Crippen molar-refractivity contribution in [3.05, 3.63) is 47.2 Å². The lowest BCUT2D eigenvalue weighted by molar-refractivity contribution is 1.15. The number of hydrogen-bond donors (Lipinski definition) is 1. The fourth-order valence-corrected chi connectivity index (χ4v) is 2.35. The fraction of sp³-hybridized carbons (Fsp3) is 0.0714. The van der Waals surface area contributed by atoms with Gasteiger partial charge in [0.25, 0.3) is 0 Å². The second kappa shape index (κ2) is 4.93. The van der Waals surface area contributed by atoms with Gasteiger partial charge >= 0.3 is 0 Å². The van der Waals surface area contributed by atoms with E-state index in [1.54, 1.807) is 12.4 Å². The summed E-state index contributed by atoms with van der Waals surface area (Å²) >= 11 is 3.41. The van der Waals surface area contributed by atoms with Crippen molar-refractivity contribution in [1.82, 2.24) is 15.0 Å². The van der Waals surface area contributed by atoms with Crippen LogP contribution in [0.5, 0.6) is 0 Å². The largest absolute Gasteiger partial charge is 0.372 e. The third-order valence-electron chi connectivity index (χ3n) is 2.85. The van der Waals surface area contributed by atoms with Crippen LogP contribution in [0.4, 0.5) is 5.82 Å². The molecule has 0 aliphatic rings. The van der Waals surface area contributed by atoms with Crippen LogP contribution in [-0.2, 0) is 0 Å². The standard InChI is InChI=1S/C14H11BrN4/c1-16-14-11(15)8-18-13(19-14)10-6-2-4-9-5-3-7-17-12(9)10/h2-8H,1H3,(H,16,18,19). The maximum Gasteiger partial charge on any atom is 0.163 e. The van der Waals surface area contributed by atoms with Gasteiger partial charge in [-0.05, 0) is 28.1 Å². The number of pyridine rings is 1. The summed E-state index contributed by atoms with van der Waals surface area (Å²) in [5, 5.41) is 4.12. The van der Waals surface area contributed by atoms with Gasteiger partial charge in [0.1, 0.15) is 5.82 Å². The van der Waals surface area contributed by atoms with Crippen LogP contribution < -0.4 is 5.32 Å². The monoisotopic (exact) mass is 314 g/mol. The van der Waals surface area contributed by atoms with E-state index in [-0.39, 0.29) is 0 Å². The Morgan fingerprint density at radius 3 is 2.79 bits per heavy atom. The number of anilines is 1. The Kier molecular flexibility index (Phi) is 3.13. The number of aromatic nitrogens is 3. The van der Waals surface area contributed by atoms with Crippen molar-refractivity contribution >= 4 is 32.7 Å². The third-order valence-corrected chi connectivity index (χ3v) is 3.43. The first-order valence-corrected chi connectivity index (χ1v) is 6.63. The lowest BCUT2D eigenvalue weighted by Gasteiger charge is -2.07. The van der Waals surface area contributed by atoms with Gasteiger partial charge in [-0.2, -0.15) is 0 Å². The minimum absolute atomic E-state index is 0.664. The zero-order valence-corrected chi connectivity index (χ0v) is 11.8. The van der Waals surface area contributed by atoms with Gasteiger partial charge in [0.15, 0.2) is 5.82 Å². The first kappa shape index (κ1) is 12.0. The molecule has 3 rings (SSSR count). The predicted molar refractivity (Wildman–Crippen MR) is 80.0 cm³/mol. The van der Waals surface area contributed by atoms with E-state index >= 15 is 0 Å². The van der Waals surface area contributed by atoms with Gasteiger partial charge in [0.05, 0.1) is 9.99 Å². The average molecular weight is 315 g/mol. The molecule has 19 heavy (non-hydrogen) atoms. The Morgan fingerprint density at radius 1 is 1.11 bits per heavy atom. The number of benzene rings is 1. The Hall–Kier alpha value is -2.01. The molecule has 1 aromatic carbocycles. The van der Waals surface area contributed by atoms with Crippen molar-refractivity contribution < 1.29 is 0 Å². The van der Waals surface area contributed by atoms with Crippen LogP contribution >= 0.6 is 15.9 Å². The highest BCUT2D eigenvalue weighted by Crippen LogP contribution is 2.27. The summed E-state index contributed by atoms with van der Waals surface area (Å²) in [6.07, 6.45) is 3.53. The molecule has 1 N–H and O–H groups in total. The summed E-state index contributed by atoms with van der Waals surface area (Å²) in [4.78, 5) is 13.3. The van der Waals surface area contributed by atoms with Gasteiger partial charge in [-0.1, -0.05) is 18.2 Å². The molecule has 5 heteroatoms. The van der Waals surface area contributed by atoms with Crippen molar-refractivity contribution in [3.8, 4) is 11.4 Å². The molecule has 0 atom stereocenters. The zero-order valence-electron chi connectivity index (χ0n) is 10.3. The van der Waals surface area contributed by atoms with E-state index in [0.717, 1.165) is 26.8 Å². The predicted octanol–water partition coefficient (Wildman–Crippen LogP) is 3.50. The Balaban J connectivity index is 2.24. The SMILES string of the molecule is CNc1nc(-c2cccc3cccnc23)ncc1Br. The molecular formula is C14H11BrN4. The van der Waals surface area contributed by atoms with Crippen LogP contribution in [-0.4, -0.2) is 22.0 Å². The second-order valence-corrected chi connectivity index (χ2v) is 4.88. The molecule has 0 spiro atoms. The number of nitrogens with zero attached hydrogens (tertiary/aromatic N) is 3. The third kappa shape index (κ3) is 2.17. The van der Waals surface area contributed by atoms with Crippen molar-refractivity contribution in [3.63, 3.8) is 0 Å². The summed E-state index contributed by atoms with van der Waals surface area (Å²) in [6.45, 7) is 0. The van der Waals surface area contributed by atoms with Gasteiger partial charge in [-0.15, -0.1) is 0 Å².